The van der Waals surface area contributed by atoms with Crippen molar-refractivity contribution in [3.8, 4) is 5.75 Å². The van der Waals surface area contributed by atoms with Crippen molar-refractivity contribution >= 4 is 23.4 Å². The number of carbonyl (C=O) groups excluding carboxylic acids is 3. The van der Waals surface area contributed by atoms with Crippen molar-refractivity contribution in [2.24, 2.45) is 0 Å². The molecule has 0 aliphatic carbocycles. The van der Waals surface area contributed by atoms with Gasteiger partial charge in [-0.15, -0.1) is 0 Å². The van der Waals surface area contributed by atoms with Gasteiger partial charge < -0.3 is 15.4 Å². The first-order valence-electron chi connectivity index (χ1n) is 6.66. The lowest BCUT2D eigenvalue weighted by Crippen LogP contribution is -2.51. The third-order valence-electron chi connectivity index (χ3n) is 2.68. The van der Waals surface area contributed by atoms with Crippen molar-refractivity contribution in [1.29, 1.82) is 0 Å². The van der Waals surface area contributed by atoms with Crippen LogP contribution in [-0.4, -0.2) is 37.4 Å². The Kier molecular flexibility index (Phi) is 6.68. The fourth-order valence-corrected chi connectivity index (χ4v) is 1.55. The molecule has 8 heteroatoms. The molecule has 1 atom stereocenters. The van der Waals surface area contributed by atoms with E-state index < -0.39 is 17.9 Å². The second-order valence-corrected chi connectivity index (χ2v) is 4.54. The van der Waals surface area contributed by atoms with E-state index in [1.54, 1.807) is 31.4 Å². The van der Waals surface area contributed by atoms with E-state index in [1.807, 2.05) is 0 Å². The molecule has 1 rings (SSSR count). The summed E-state index contributed by atoms with van der Waals surface area (Å²) in [5.41, 5.74) is 5.23. The third-order valence-corrected chi connectivity index (χ3v) is 2.68. The molecule has 1 aromatic carbocycles. The Morgan fingerprint density at radius 2 is 1.77 bits per heavy atom. The zero-order valence-corrected chi connectivity index (χ0v) is 12.7. The van der Waals surface area contributed by atoms with Gasteiger partial charge in [-0.2, -0.15) is 0 Å². The smallest absolute Gasteiger partial charge is 0.260 e. The fraction of sp³-hybridized carbons (Fsp3) is 0.357. The molecule has 0 bridgehead atoms. The number of amides is 3. The Bertz CT molecular complexity index is 530. The van der Waals surface area contributed by atoms with E-state index in [0.717, 1.165) is 5.69 Å². The second-order valence-electron chi connectivity index (χ2n) is 4.54. The normalized spacial score (nSPS) is 11.0. The van der Waals surface area contributed by atoms with E-state index in [2.05, 4.69) is 21.5 Å². The van der Waals surface area contributed by atoms with Gasteiger partial charge in [0.2, 0.25) is 5.91 Å². The molecule has 0 fully saturated rings. The van der Waals surface area contributed by atoms with Crippen LogP contribution in [0.2, 0.25) is 0 Å². The average molecular weight is 308 g/mol. The Labute approximate surface area is 128 Å². The third kappa shape index (κ3) is 6.12. The summed E-state index contributed by atoms with van der Waals surface area (Å²) in [4.78, 5) is 33.9. The van der Waals surface area contributed by atoms with Gasteiger partial charge >= 0.3 is 0 Å². The lowest BCUT2D eigenvalue weighted by atomic mass is 10.3. The van der Waals surface area contributed by atoms with Crippen LogP contribution < -0.4 is 26.2 Å². The molecule has 0 radical (unpaired) electrons. The number of hydrogen-bond donors (Lipinski definition) is 4. The Morgan fingerprint density at radius 3 is 2.32 bits per heavy atom. The molecule has 0 unspecified atom stereocenters. The first kappa shape index (κ1) is 17.3. The molecule has 0 aliphatic heterocycles. The lowest BCUT2D eigenvalue weighted by Gasteiger charge is -2.13. The minimum Gasteiger partial charge on any atom is -0.497 e. The highest BCUT2D eigenvalue weighted by Crippen LogP contribution is 2.14. The van der Waals surface area contributed by atoms with Crippen LogP contribution in [0.5, 0.6) is 5.75 Å². The molecule has 0 saturated heterocycles. The summed E-state index contributed by atoms with van der Waals surface area (Å²) in [5.74, 6) is -0.531. The van der Waals surface area contributed by atoms with E-state index >= 15 is 0 Å². The Hall–Kier alpha value is -2.77. The first-order valence-corrected chi connectivity index (χ1v) is 6.66. The largest absolute Gasteiger partial charge is 0.497 e. The van der Waals surface area contributed by atoms with Crippen molar-refractivity contribution in [1.82, 2.24) is 16.2 Å². The molecule has 4 N–H and O–H groups in total. The van der Waals surface area contributed by atoms with E-state index in [0.29, 0.717) is 5.75 Å². The van der Waals surface area contributed by atoms with Crippen LogP contribution >= 0.6 is 0 Å². The number of rotatable bonds is 6. The number of hydrazine groups is 1. The summed E-state index contributed by atoms with van der Waals surface area (Å²) >= 11 is 0. The molecule has 1 aromatic rings. The SMILES string of the molecule is COc1ccc(NCC(=O)NNC(=O)[C@H](C)NC(C)=O)cc1. The van der Waals surface area contributed by atoms with Crippen molar-refractivity contribution in [3.63, 3.8) is 0 Å². The minimum atomic E-state index is -0.729. The summed E-state index contributed by atoms with van der Waals surface area (Å²) in [7, 11) is 1.57. The van der Waals surface area contributed by atoms with Crippen molar-refractivity contribution in [2.75, 3.05) is 19.0 Å². The van der Waals surface area contributed by atoms with E-state index in [4.69, 9.17) is 4.74 Å². The van der Waals surface area contributed by atoms with Crippen LogP contribution in [0.15, 0.2) is 24.3 Å². The maximum absolute atomic E-state index is 11.6. The van der Waals surface area contributed by atoms with Crippen LogP contribution in [0.1, 0.15) is 13.8 Å². The molecule has 0 aromatic heterocycles. The lowest BCUT2D eigenvalue weighted by molar-refractivity contribution is -0.131. The molecule has 8 nitrogen and oxygen atoms in total. The summed E-state index contributed by atoms with van der Waals surface area (Å²) in [6, 6.07) is 6.33. The standard InChI is InChI=1S/C14H20N4O4/c1-9(16-10(2)19)14(21)18-17-13(20)8-15-11-4-6-12(22-3)7-5-11/h4-7,9,15H,8H2,1-3H3,(H,16,19)(H,17,20)(H,18,21)/t9-/m0/s1. The number of anilines is 1. The highest BCUT2D eigenvalue weighted by atomic mass is 16.5. The Balaban J connectivity index is 2.30. The van der Waals surface area contributed by atoms with Gasteiger partial charge in [-0.1, -0.05) is 0 Å². The summed E-state index contributed by atoms with van der Waals surface area (Å²) in [5, 5.41) is 5.30. The highest BCUT2D eigenvalue weighted by Gasteiger charge is 2.13. The second kappa shape index (κ2) is 8.50. The van der Waals surface area contributed by atoms with Crippen molar-refractivity contribution in [3.05, 3.63) is 24.3 Å². The van der Waals surface area contributed by atoms with Gasteiger partial charge in [0.05, 0.1) is 13.7 Å². The number of carbonyl (C=O) groups is 3. The zero-order valence-electron chi connectivity index (χ0n) is 12.7. The molecule has 22 heavy (non-hydrogen) atoms. The number of ether oxygens (including phenoxy) is 1. The van der Waals surface area contributed by atoms with Gasteiger partial charge in [-0.05, 0) is 31.2 Å². The summed E-state index contributed by atoms with van der Waals surface area (Å²) < 4.78 is 5.03. The molecular weight excluding hydrogens is 288 g/mol. The van der Waals surface area contributed by atoms with E-state index in [1.165, 1.54) is 13.8 Å². The molecule has 120 valence electrons. The number of hydrogen-bond acceptors (Lipinski definition) is 5. The van der Waals surface area contributed by atoms with Crippen LogP contribution in [-0.2, 0) is 14.4 Å². The van der Waals surface area contributed by atoms with Crippen LogP contribution in [0.3, 0.4) is 0 Å². The van der Waals surface area contributed by atoms with Gasteiger partial charge in [0.1, 0.15) is 11.8 Å². The minimum absolute atomic E-state index is 0.0128. The molecule has 3 amide bonds. The van der Waals surface area contributed by atoms with Gasteiger partial charge in [0, 0.05) is 12.6 Å². The number of methoxy groups -OCH3 is 1. The molecule has 0 aliphatic rings. The van der Waals surface area contributed by atoms with Gasteiger partial charge in [-0.25, -0.2) is 0 Å². The van der Waals surface area contributed by atoms with Crippen molar-refractivity contribution < 1.29 is 19.1 Å². The van der Waals surface area contributed by atoms with Crippen LogP contribution in [0.4, 0.5) is 5.69 Å². The quantitative estimate of drug-likeness (QED) is 0.543. The maximum Gasteiger partial charge on any atom is 0.260 e. The molecule has 0 spiro atoms. The molecule has 0 saturated carbocycles. The van der Waals surface area contributed by atoms with Crippen molar-refractivity contribution in [2.45, 2.75) is 19.9 Å². The summed E-state index contributed by atoms with van der Waals surface area (Å²) in [6.45, 7) is 2.81. The molecule has 0 heterocycles. The predicted molar refractivity (Wildman–Crippen MR) is 81.0 cm³/mol. The topological polar surface area (TPSA) is 109 Å². The van der Waals surface area contributed by atoms with Crippen LogP contribution in [0.25, 0.3) is 0 Å². The van der Waals surface area contributed by atoms with Gasteiger partial charge in [-0.3, -0.25) is 25.2 Å². The van der Waals surface area contributed by atoms with E-state index in [9.17, 15) is 14.4 Å². The highest BCUT2D eigenvalue weighted by molar-refractivity contribution is 5.89. The number of nitrogens with one attached hydrogen (secondary N) is 4. The van der Waals surface area contributed by atoms with E-state index in [-0.39, 0.29) is 12.5 Å². The van der Waals surface area contributed by atoms with Gasteiger partial charge in [0.15, 0.2) is 0 Å². The fourth-order valence-electron chi connectivity index (χ4n) is 1.55. The maximum atomic E-state index is 11.6. The monoisotopic (exact) mass is 308 g/mol. The molecular formula is C14H20N4O4. The van der Waals surface area contributed by atoms with Gasteiger partial charge in [0.25, 0.3) is 11.8 Å². The summed E-state index contributed by atoms with van der Waals surface area (Å²) in [6.07, 6.45) is 0. The first-order chi connectivity index (χ1) is 10.4. The Morgan fingerprint density at radius 1 is 1.14 bits per heavy atom. The number of benzene rings is 1. The predicted octanol–water partition coefficient (Wildman–Crippen LogP) is -0.221. The average Bonchev–Trinajstić information content (AvgIpc) is 2.50. The van der Waals surface area contributed by atoms with Crippen LogP contribution in [0, 0.1) is 0 Å². The zero-order chi connectivity index (χ0) is 16.5.